The summed E-state index contributed by atoms with van der Waals surface area (Å²) in [5, 5.41) is 2.84. The van der Waals surface area contributed by atoms with Gasteiger partial charge in [0.1, 0.15) is 5.15 Å². The third-order valence-electron chi connectivity index (χ3n) is 2.70. The predicted octanol–water partition coefficient (Wildman–Crippen LogP) is 3.57. The molecule has 1 heterocycles. The lowest BCUT2D eigenvalue weighted by Crippen LogP contribution is -2.30. The van der Waals surface area contributed by atoms with Gasteiger partial charge in [0.2, 0.25) is 0 Å². The van der Waals surface area contributed by atoms with Gasteiger partial charge in [-0.15, -0.1) is 0 Å². The molecule has 1 unspecified atom stereocenters. The van der Waals surface area contributed by atoms with E-state index in [1.165, 1.54) is 19.1 Å². The van der Waals surface area contributed by atoms with Crippen LogP contribution in [0.3, 0.4) is 0 Å². The van der Waals surface area contributed by atoms with Crippen LogP contribution in [-0.2, 0) is 9.53 Å². The van der Waals surface area contributed by atoms with E-state index in [9.17, 15) is 9.59 Å². The molecule has 1 N–H and O–H groups in total. The maximum absolute atomic E-state index is 12.0. The summed E-state index contributed by atoms with van der Waals surface area (Å²) in [7, 11) is 0. The van der Waals surface area contributed by atoms with E-state index in [-0.39, 0.29) is 15.9 Å². The maximum Gasteiger partial charge on any atom is 0.359 e. The molecule has 1 aromatic carbocycles. The molecule has 0 spiro atoms. The molecule has 114 valence electrons. The van der Waals surface area contributed by atoms with Gasteiger partial charge < -0.3 is 10.1 Å². The van der Waals surface area contributed by atoms with E-state index in [1.54, 1.807) is 24.3 Å². The number of aromatic nitrogens is 1. The first-order valence-corrected chi connectivity index (χ1v) is 7.12. The molecule has 0 radical (unpaired) electrons. The topological polar surface area (TPSA) is 68.3 Å². The fraction of sp³-hybridized carbons (Fsp3) is 0.133. The number of benzene rings is 1. The van der Waals surface area contributed by atoms with Crippen LogP contribution in [0.4, 0.5) is 5.69 Å². The minimum atomic E-state index is -1.01. The van der Waals surface area contributed by atoms with Crippen LogP contribution < -0.4 is 5.32 Å². The van der Waals surface area contributed by atoms with Gasteiger partial charge in [0.15, 0.2) is 11.8 Å². The van der Waals surface area contributed by atoms with E-state index in [4.69, 9.17) is 27.9 Å². The summed E-state index contributed by atoms with van der Waals surface area (Å²) in [4.78, 5) is 27.7. The molecule has 2 aromatic rings. The number of carbonyl (C=O) groups is 2. The molecule has 1 atom stereocenters. The number of ether oxygens (including phenoxy) is 1. The molecule has 22 heavy (non-hydrogen) atoms. The third-order valence-corrected chi connectivity index (χ3v) is 3.22. The van der Waals surface area contributed by atoms with Crippen LogP contribution in [0.1, 0.15) is 17.4 Å². The lowest BCUT2D eigenvalue weighted by Gasteiger charge is -2.13. The minimum absolute atomic E-state index is 0.102. The fourth-order valence-corrected chi connectivity index (χ4v) is 1.93. The third kappa shape index (κ3) is 4.19. The van der Waals surface area contributed by atoms with E-state index in [0.29, 0.717) is 5.69 Å². The Labute approximate surface area is 137 Å². The van der Waals surface area contributed by atoms with Crippen molar-refractivity contribution in [2.75, 3.05) is 5.32 Å². The van der Waals surface area contributed by atoms with Crippen LogP contribution in [-0.4, -0.2) is 23.0 Å². The van der Waals surface area contributed by atoms with E-state index >= 15 is 0 Å². The molecule has 7 heteroatoms. The number of nitrogens with zero attached hydrogens (tertiary/aromatic N) is 1. The molecule has 1 amide bonds. The van der Waals surface area contributed by atoms with Gasteiger partial charge in [0.05, 0.1) is 5.02 Å². The van der Waals surface area contributed by atoms with Crippen LogP contribution in [0.15, 0.2) is 42.5 Å². The Morgan fingerprint density at radius 2 is 1.82 bits per heavy atom. The van der Waals surface area contributed by atoms with E-state index in [0.717, 1.165) is 0 Å². The average Bonchev–Trinajstić information content (AvgIpc) is 2.50. The lowest BCUT2D eigenvalue weighted by atomic mass is 10.3. The Morgan fingerprint density at radius 3 is 2.50 bits per heavy atom. The van der Waals surface area contributed by atoms with Crippen molar-refractivity contribution in [3.8, 4) is 0 Å². The fourth-order valence-electron chi connectivity index (χ4n) is 1.60. The van der Waals surface area contributed by atoms with Crippen molar-refractivity contribution >= 4 is 40.8 Å². The highest BCUT2D eigenvalue weighted by atomic mass is 35.5. The molecule has 0 saturated carbocycles. The van der Waals surface area contributed by atoms with E-state index < -0.39 is 18.0 Å². The number of nitrogens with one attached hydrogen (secondary N) is 1. The second kappa shape index (κ2) is 7.24. The zero-order valence-corrected chi connectivity index (χ0v) is 13.1. The number of pyridine rings is 1. The number of esters is 1. The first kappa shape index (κ1) is 16.3. The number of hydrogen-bond donors (Lipinski definition) is 1. The highest BCUT2D eigenvalue weighted by molar-refractivity contribution is 6.34. The summed E-state index contributed by atoms with van der Waals surface area (Å²) in [6, 6.07) is 11.7. The summed E-state index contributed by atoms with van der Waals surface area (Å²) in [5.41, 5.74) is 0.475. The number of para-hydroxylation sites is 1. The van der Waals surface area contributed by atoms with Crippen molar-refractivity contribution in [2.24, 2.45) is 0 Å². The molecule has 0 aliphatic carbocycles. The summed E-state index contributed by atoms with van der Waals surface area (Å²) < 4.78 is 5.05. The molecule has 0 fully saturated rings. The van der Waals surface area contributed by atoms with Crippen molar-refractivity contribution in [3.63, 3.8) is 0 Å². The number of carbonyl (C=O) groups excluding carboxylic acids is 2. The largest absolute Gasteiger partial charge is 0.448 e. The zero-order chi connectivity index (χ0) is 16.1. The zero-order valence-electron chi connectivity index (χ0n) is 11.5. The maximum atomic E-state index is 12.0. The quantitative estimate of drug-likeness (QED) is 0.683. The van der Waals surface area contributed by atoms with Crippen LogP contribution in [0.5, 0.6) is 0 Å². The second-order valence-corrected chi connectivity index (χ2v) is 5.16. The first-order chi connectivity index (χ1) is 10.5. The van der Waals surface area contributed by atoms with Gasteiger partial charge in [0.25, 0.3) is 5.91 Å². The highest BCUT2D eigenvalue weighted by Gasteiger charge is 2.22. The second-order valence-electron chi connectivity index (χ2n) is 4.37. The summed E-state index contributed by atoms with van der Waals surface area (Å²) in [5.74, 6) is -1.28. The summed E-state index contributed by atoms with van der Waals surface area (Å²) in [6.07, 6.45) is -1.01. The van der Waals surface area contributed by atoms with Gasteiger partial charge in [-0.2, -0.15) is 0 Å². The van der Waals surface area contributed by atoms with Crippen LogP contribution in [0, 0.1) is 0 Å². The molecule has 5 nitrogen and oxygen atoms in total. The monoisotopic (exact) mass is 338 g/mol. The highest BCUT2D eigenvalue weighted by Crippen LogP contribution is 2.18. The molecule has 2 rings (SSSR count). The predicted molar refractivity (Wildman–Crippen MR) is 84.2 cm³/mol. The standard InChI is InChI=1S/C15H12Cl2N2O3/c1-9(14(20)18-10-5-3-2-4-6-10)22-15(21)13-11(16)7-8-12(17)19-13/h2-9H,1H3,(H,18,20). The summed E-state index contributed by atoms with van der Waals surface area (Å²) in [6.45, 7) is 1.45. The Morgan fingerprint density at radius 1 is 1.14 bits per heavy atom. The Bertz CT molecular complexity index is 692. The van der Waals surface area contributed by atoms with Crippen molar-refractivity contribution in [3.05, 3.63) is 58.3 Å². The SMILES string of the molecule is CC(OC(=O)c1nc(Cl)ccc1Cl)C(=O)Nc1ccccc1. The average molecular weight is 339 g/mol. The molecule has 1 aromatic heterocycles. The molecular formula is C15H12Cl2N2O3. The van der Waals surface area contributed by atoms with Gasteiger partial charge in [-0.3, -0.25) is 4.79 Å². The molecule has 0 saturated heterocycles. The van der Waals surface area contributed by atoms with Crippen LogP contribution in [0.2, 0.25) is 10.2 Å². The number of amides is 1. The van der Waals surface area contributed by atoms with E-state index in [1.807, 2.05) is 6.07 Å². The van der Waals surface area contributed by atoms with Gasteiger partial charge in [0, 0.05) is 5.69 Å². The minimum Gasteiger partial charge on any atom is -0.448 e. The molecule has 0 aliphatic heterocycles. The van der Waals surface area contributed by atoms with E-state index in [2.05, 4.69) is 10.3 Å². The van der Waals surface area contributed by atoms with Crippen molar-refractivity contribution < 1.29 is 14.3 Å². The van der Waals surface area contributed by atoms with Crippen LogP contribution in [0.25, 0.3) is 0 Å². The van der Waals surface area contributed by atoms with Crippen molar-refractivity contribution in [1.29, 1.82) is 0 Å². The smallest absolute Gasteiger partial charge is 0.359 e. The lowest BCUT2D eigenvalue weighted by molar-refractivity contribution is -0.123. The molecule has 0 aliphatic rings. The number of hydrogen-bond acceptors (Lipinski definition) is 4. The number of anilines is 1. The normalized spacial score (nSPS) is 11.6. The Kier molecular flexibility index (Phi) is 5.35. The van der Waals surface area contributed by atoms with Crippen molar-refractivity contribution in [1.82, 2.24) is 4.98 Å². The van der Waals surface area contributed by atoms with Crippen molar-refractivity contribution in [2.45, 2.75) is 13.0 Å². The van der Waals surface area contributed by atoms with Gasteiger partial charge in [-0.1, -0.05) is 41.4 Å². The number of halogens is 2. The van der Waals surface area contributed by atoms with Gasteiger partial charge >= 0.3 is 5.97 Å². The summed E-state index contributed by atoms with van der Waals surface area (Å²) >= 11 is 11.6. The number of rotatable bonds is 4. The molecular weight excluding hydrogens is 327 g/mol. The van der Waals surface area contributed by atoms with Crippen LogP contribution >= 0.6 is 23.2 Å². The van der Waals surface area contributed by atoms with Gasteiger partial charge in [-0.05, 0) is 31.2 Å². The molecule has 0 bridgehead atoms. The Balaban J connectivity index is 2.01. The first-order valence-electron chi connectivity index (χ1n) is 6.36. The Hall–Kier alpha value is -2.11. The van der Waals surface area contributed by atoms with Gasteiger partial charge in [-0.25, -0.2) is 9.78 Å².